The van der Waals surface area contributed by atoms with Crippen LogP contribution in [0.25, 0.3) is 10.8 Å². The van der Waals surface area contributed by atoms with Gasteiger partial charge in [0.1, 0.15) is 11.9 Å². The fourth-order valence-electron chi connectivity index (χ4n) is 3.08. The molecule has 0 radical (unpaired) electrons. The van der Waals surface area contributed by atoms with Crippen molar-refractivity contribution in [3.8, 4) is 0 Å². The summed E-state index contributed by atoms with van der Waals surface area (Å²) in [5, 5.41) is 3.13. The van der Waals surface area contributed by atoms with Gasteiger partial charge >= 0.3 is 6.18 Å². The van der Waals surface area contributed by atoms with Crippen LogP contribution in [0.5, 0.6) is 0 Å². The molecule has 0 aliphatic rings. The molecule has 2 aromatic carbocycles. The number of aromatic nitrogens is 1. The van der Waals surface area contributed by atoms with Gasteiger partial charge < -0.3 is 15.6 Å². The molecule has 162 valence electrons. The first-order valence-corrected chi connectivity index (χ1v) is 9.07. The number of anilines is 1. The number of hydrogen-bond acceptors (Lipinski definition) is 3. The van der Waals surface area contributed by atoms with Crippen LogP contribution >= 0.6 is 0 Å². The van der Waals surface area contributed by atoms with Crippen LogP contribution in [0, 0.1) is 5.82 Å². The summed E-state index contributed by atoms with van der Waals surface area (Å²) in [5.41, 5.74) is 3.66. The van der Waals surface area contributed by atoms with Crippen molar-refractivity contribution in [3.63, 3.8) is 0 Å². The minimum absolute atomic E-state index is 0.205. The lowest BCUT2D eigenvalue weighted by Crippen LogP contribution is -2.31. The maximum Gasteiger partial charge on any atom is 0.416 e. The average molecular weight is 435 g/mol. The van der Waals surface area contributed by atoms with Gasteiger partial charge in [-0.1, -0.05) is 12.1 Å². The number of primary amides is 1. The van der Waals surface area contributed by atoms with Crippen LogP contribution in [0.4, 0.5) is 23.2 Å². The second-order valence-electron chi connectivity index (χ2n) is 6.90. The Morgan fingerprint density at radius 2 is 1.84 bits per heavy atom. The van der Waals surface area contributed by atoms with Gasteiger partial charge in [-0.2, -0.15) is 13.2 Å². The van der Waals surface area contributed by atoms with Crippen molar-refractivity contribution in [2.75, 3.05) is 5.32 Å². The highest BCUT2D eigenvalue weighted by molar-refractivity contribution is 6.02. The predicted molar refractivity (Wildman–Crippen MR) is 106 cm³/mol. The van der Waals surface area contributed by atoms with Crippen LogP contribution in [0.3, 0.4) is 0 Å². The zero-order chi connectivity index (χ0) is 22.9. The molecule has 6 nitrogen and oxygen atoms in total. The molecule has 0 spiro atoms. The van der Waals surface area contributed by atoms with Crippen molar-refractivity contribution < 1.29 is 27.2 Å². The molecule has 1 aromatic heterocycles. The van der Waals surface area contributed by atoms with E-state index in [1.165, 1.54) is 37.4 Å². The van der Waals surface area contributed by atoms with Crippen LogP contribution in [-0.4, -0.2) is 16.4 Å². The largest absolute Gasteiger partial charge is 0.416 e. The van der Waals surface area contributed by atoms with Crippen molar-refractivity contribution in [2.24, 2.45) is 5.73 Å². The number of fused-ring (bicyclic) bond motifs is 1. The smallest absolute Gasteiger partial charge is 0.368 e. The Balaban J connectivity index is 1.87. The molecule has 1 atom stereocenters. The Bertz CT molecular complexity index is 1230. The molecular weight excluding hydrogens is 418 g/mol. The van der Waals surface area contributed by atoms with Crippen LogP contribution in [0.15, 0.2) is 53.5 Å². The number of carbonyl (C=O) groups is 2. The van der Waals surface area contributed by atoms with Crippen molar-refractivity contribution in [3.05, 3.63) is 76.0 Å². The molecule has 3 aromatic rings. The molecule has 1 heterocycles. The number of rotatable bonds is 5. The summed E-state index contributed by atoms with van der Waals surface area (Å²) >= 11 is 0. The van der Waals surface area contributed by atoms with Gasteiger partial charge in [0.25, 0.3) is 5.56 Å². The lowest BCUT2D eigenvalue weighted by Gasteiger charge is -2.14. The molecule has 0 saturated carbocycles. The normalized spacial score (nSPS) is 12.5. The molecule has 1 unspecified atom stereocenters. The van der Waals surface area contributed by atoms with Crippen molar-refractivity contribution >= 4 is 28.3 Å². The number of carbonyl (C=O) groups excluding carboxylic acids is 2. The van der Waals surface area contributed by atoms with E-state index in [0.717, 1.165) is 10.6 Å². The average Bonchev–Trinajstić information content (AvgIpc) is 2.69. The Hall–Kier alpha value is -3.69. The van der Waals surface area contributed by atoms with Crippen molar-refractivity contribution in [2.45, 2.75) is 25.6 Å². The molecule has 0 aliphatic heterocycles. The Morgan fingerprint density at radius 3 is 2.45 bits per heavy atom. The molecule has 10 heteroatoms. The lowest BCUT2D eigenvalue weighted by molar-refractivity contribution is -0.137. The SMILES string of the molecule is CC(C(N)=O)n1ccc2c(NC(=O)Cc3ccc(C(F)(F)F)cc3F)cccc2c1=O. The summed E-state index contributed by atoms with van der Waals surface area (Å²) in [6.07, 6.45) is -3.83. The Labute approximate surface area is 173 Å². The van der Waals surface area contributed by atoms with Crippen LogP contribution in [-0.2, 0) is 22.2 Å². The van der Waals surface area contributed by atoms with Crippen molar-refractivity contribution in [1.29, 1.82) is 0 Å². The maximum absolute atomic E-state index is 14.0. The van der Waals surface area contributed by atoms with E-state index in [2.05, 4.69) is 5.32 Å². The van der Waals surface area contributed by atoms with E-state index in [1.807, 2.05) is 0 Å². The first kappa shape index (κ1) is 22.0. The number of pyridine rings is 1. The van der Waals surface area contributed by atoms with E-state index in [0.29, 0.717) is 17.5 Å². The highest BCUT2D eigenvalue weighted by atomic mass is 19.4. The third-order valence-electron chi connectivity index (χ3n) is 4.81. The maximum atomic E-state index is 14.0. The topological polar surface area (TPSA) is 94.2 Å². The van der Waals surface area contributed by atoms with Crippen molar-refractivity contribution in [1.82, 2.24) is 4.57 Å². The number of amides is 2. The van der Waals surface area contributed by atoms with Gasteiger partial charge in [0.15, 0.2) is 0 Å². The van der Waals surface area contributed by atoms with E-state index in [1.54, 1.807) is 0 Å². The summed E-state index contributed by atoms with van der Waals surface area (Å²) in [7, 11) is 0. The molecule has 2 amide bonds. The van der Waals surface area contributed by atoms with Gasteiger partial charge in [-0.15, -0.1) is 0 Å². The fraction of sp³-hybridized carbons (Fsp3) is 0.190. The zero-order valence-corrected chi connectivity index (χ0v) is 16.2. The van der Waals surface area contributed by atoms with Gasteiger partial charge in [-0.25, -0.2) is 4.39 Å². The third kappa shape index (κ3) is 4.57. The van der Waals surface area contributed by atoms with E-state index in [9.17, 15) is 31.9 Å². The van der Waals surface area contributed by atoms with Gasteiger partial charge in [-0.3, -0.25) is 14.4 Å². The summed E-state index contributed by atoms with van der Waals surface area (Å²) in [6, 6.07) is 7.12. The first-order valence-electron chi connectivity index (χ1n) is 9.07. The summed E-state index contributed by atoms with van der Waals surface area (Å²) in [5.74, 6) is -2.52. The van der Waals surface area contributed by atoms with Gasteiger partial charge in [0, 0.05) is 22.7 Å². The summed E-state index contributed by atoms with van der Waals surface area (Å²) < 4.78 is 53.1. The van der Waals surface area contributed by atoms with Crippen LogP contribution in [0.1, 0.15) is 24.1 Å². The standard InChI is InChI=1S/C21H17F4N3O3/c1-11(19(26)30)28-8-7-14-15(20(28)31)3-2-4-17(14)27-18(29)9-12-5-6-13(10-16(12)22)21(23,24)25/h2-8,10-11H,9H2,1H3,(H2,26,30)(H,27,29). The predicted octanol–water partition coefficient (Wildman–Crippen LogP) is 3.39. The quantitative estimate of drug-likeness (QED) is 0.602. The minimum atomic E-state index is -4.69. The van der Waals surface area contributed by atoms with Gasteiger partial charge in [-0.05, 0) is 42.8 Å². The summed E-state index contributed by atoms with van der Waals surface area (Å²) in [4.78, 5) is 36.4. The van der Waals surface area contributed by atoms with Crippen LogP contribution in [0.2, 0.25) is 0 Å². The Morgan fingerprint density at radius 1 is 1.13 bits per heavy atom. The second kappa shape index (κ2) is 8.21. The molecule has 0 fully saturated rings. The Kier molecular flexibility index (Phi) is 5.83. The number of halogens is 4. The van der Waals surface area contributed by atoms with Crippen LogP contribution < -0.4 is 16.6 Å². The van der Waals surface area contributed by atoms with E-state index in [4.69, 9.17) is 5.73 Å². The molecule has 0 saturated heterocycles. The van der Waals surface area contributed by atoms with Gasteiger partial charge in [0.2, 0.25) is 11.8 Å². The molecule has 0 aliphatic carbocycles. The van der Waals surface area contributed by atoms with Gasteiger partial charge in [0.05, 0.1) is 12.0 Å². The molecule has 0 bridgehead atoms. The number of nitrogens with zero attached hydrogens (tertiary/aromatic N) is 1. The summed E-state index contributed by atoms with van der Waals surface area (Å²) in [6.45, 7) is 1.47. The fourth-order valence-corrected chi connectivity index (χ4v) is 3.08. The molecule has 31 heavy (non-hydrogen) atoms. The number of hydrogen-bond donors (Lipinski definition) is 2. The zero-order valence-electron chi connectivity index (χ0n) is 16.2. The molecule has 3 N–H and O–H groups in total. The second-order valence-corrected chi connectivity index (χ2v) is 6.90. The van der Waals surface area contributed by atoms with E-state index in [-0.39, 0.29) is 16.6 Å². The first-order chi connectivity index (χ1) is 14.5. The number of nitrogens with two attached hydrogens (primary N) is 1. The highest BCUT2D eigenvalue weighted by Gasteiger charge is 2.31. The number of nitrogens with one attached hydrogen (secondary N) is 1. The van der Waals surface area contributed by atoms with E-state index < -0.39 is 47.4 Å². The number of alkyl halides is 3. The number of benzene rings is 2. The minimum Gasteiger partial charge on any atom is -0.368 e. The van der Waals surface area contributed by atoms with E-state index >= 15 is 0 Å². The molecule has 3 rings (SSSR count). The third-order valence-corrected chi connectivity index (χ3v) is 4.81. The molecular formula is C21H17F4N3O3. The lowest BCUT2D eigenvalue weighted by atomic mass is 10.1. The monoisotopic (exact) mass is 435 g/mol. The highest BCUT2D eigenvalue weighted by Crippen LogP contribution is 2.30.